The van der Waals surface area contributed by atoms with Gasteiger partial charge in [-0.15, -0.1) is 0 Å². The number of hydrogen-bond acceptors (Lipinski definition) is 2. The van der Waals surface area contributed by atoms with Crippen molar-refractivity contribution in [2.24, 2.45) is 7.05 Å². The van der Waals surface area contributed by atoms with Crippen LogP contribution in [0.15, 0.2) is 54.9 Å². The number of aryl methyl sites for hydroxylation is 2. The summed E-state index contributed by atoms with van der Waals surface area (Å²) in [4.78, 5) is 20.1. The third-order valence-corrected chi connectivity index (χ3v) is 4.64. The number of amides is 1. The highest BCUT2D eigenvalue weighted by atomic mass is 19.1. The van der Waals surface area contributed by atoms with E-state index in [1.807, 2.05) is 49.0 Å². The van der Waals surface area contributed by atoms with Gasteiger partial charge in [0.2, 0.25) is 5.91 Å². The van der Waals surface area contributed by atoms with Gasteiger partial charge in [-0.1, -0.05) is 12.1 Å². The fourth-order valence-electron chi connectivity index (χ4n) is 3.33. The molecule has 0 unspecified atom stereocenters. The first-order valence-electron chi connectivity index (χ1n) is 8.65. The average Bonchev–Trinajstić information content (AvgIpc) is 3.19. The molecular formula is C21H19FN4O. The number of carbonyl (C=O) groups excluding carboxylic acids is 1. The van der Waals surface area contributed by atoms with E-state index in [0.717, 1.165) is 33.5 Å². The van der Waals surface area contributed by atoms with Crippen LogP contribution in [-0.2, 0) is 18.3 Å². The quantitative estimate of drug-likeness (QED) is 0.572. The van der Waals surface area contributed by atoms with E-state index >= 15 is 0 Å². The number of rotatable bonds is 4. The van der Waals surface area contributed by atoms with E-state index in [1.165, 1.54) is 12.1 Å². The number of aromatic nitrogens is 3. The van der Waals surface area contributed by atoms with Crippen LogP contribution in [0.5, 0.6) is 0 Å². The van der Waals surface area contributed by atoms with E-state index in [9.17, 15) is 9.18 Å². The Hall–Kier alpha value is -3.41. The molecule has 1 amide bonds. The van der Waals surface area contributed by atoms with Crippen LogP contribution in [-0.4, -0.2) is 20.4 Å². The first kappa shape index (κ1) is 17.0. The molecule has 2 aromatic heterocycles. The predicted octanol–water partition coefficient (Wildman–Crippen LogP) is 4.20. The van der Waals surface area contributed by atoms with Crippen LogP contribution >= 0.6 is 0 Å². The van der Waals surface area contributed by atoms with Crippen molar-refractivity contribution in [3.8, 4) is 11.4 Å². The minimum absolute atomic E-state index is 0.153. The minimum atomic E-state index is -0.314. The summed E-state index contributed by atoms with van der Waals surface area (Å²) >= 11 is 0. The Morgan fingerprint density at radius 3 is 2.89 bits per heavy atom. The second kappa shape index (κ2) is 6.72. The zero-order valence-corrected chi connectivity index (χ0v) is 15.1. The largest absolute Gasteiger partial charge is 0.358 e. The van der Waals surface area contributed by atoms with Gasteiger partial charge >= 0.3 is 0 Å². The summed E-state index contributed by atoms with van der Waals surface area (Å²) in [6.45, 7) is 1.89. The second-order valence-corrected chi connectivity index (χ2v) is 6.59. The maximum atomic E-state index is 13.6. The maximum absolute atomic E-state index is 13.6. The van der Waals surface area contributed by atoms with Crippen molar-refractivity contribution in [1.29, 1.82) is 0 Å². The Morgan fingerprint density at radius 1 is 1.26 bits per heavy atom. The number of anilines is 1. The Kier molecular flexibility index (Phi) is 4.24. The lowest BCUT2D eigenvalue weighted by atomic mass is 10.1. The van der Waals surface area contributed by atoms with Crippen LogP contribution < -0.4 is 5.32 Å². The Bertz CT molecular complexity index is 1140. The van der Waals surface area contributed by atoms with Crippen LogP contribution in [0.1, 0.15) is 11.3 Å². The van der Waals surface area contributed by atoms with Crippen molar-refractivity contribution < 1.29 is 9.18 Å². The molecule has 6 heteroatoms. The van der Waals surface area contributed by atoms with E-state index in [4.69, 9.17) is 0 Å². The van der Waals surface area contributed by atoms with Gasteiger partial charge in [-0.2, -0.15) is 0 Å². The van der Waals surface area contributed by atoms with Crippen LogP contribution in [0.3, 0.4) is 0 Å². The lowest BCUT2D eigenvalue weighted by Gasteiger charge is -2.08. The summed E-state index contributed by atoms with van der Waals surface area (Å²) < 4.78 is 15.5. The number of hydrogen-bond donors (Lipinski definition) is 2. The molecular weight excluding hydrogens is 343 g/mol. The van der Waals surface area contributed by atoms with Crippen LogP contribution in [0.2, 0.25) is 0 Å². The molecule has 2 aromatic carbocycles. The molecule has 0 saturated carbocycles. The van der Waals surface area contributed by atoms with Crippen molar-refractivity contribution >= 4 is 22.5 Å². The SMILES string of the molecule is Cc1[nH]c2ccc(F)cc2c1CC(=O)Nc1cccc(-c2nccn2C)c1. The first-order valence-corrected chi connectivity index (χ1v) is 8.65. The van der Waals surface area contributed by atoms with E-state index in [1.54, 1.807) is 12.3 Å². The van der Waals surface area contributed by atoms with Gasteiger partial charge in [0.15, 0.2) is 0 Å². The average molecular weight is 362 g/mol. The summed E-state index contributed by atoms with van der Waals surface area (Å²) in [7, 11) is 1.92. The molecule has 0 aliphatic carbocycles. The lowest BCUT2D eigenvalue weighted by molar-refractivity contribution is -0.115. The molecule has 27 heavy (non-hydrogen) atoms. The van der Waals surface area contributed by atoms with E-state index in [-0.39, 0.29) is 18.1 Å². The van der Waals surface area contributed by atoms with Gasteiger partial charge in [-0.25, -0.2) is 9.37 Å². The maximum Gasteiger partial charge on any atom is 0.228 e. The monoisotopic (exact) mass is 362 g/mol. The summed E-state index contributed by atoms with van der Waals surface area (Å²) in [6.07, 6.45) is 3.78. The van der Waals surface area contributed by atoms with Crippen molar-refractivity contribution in [3.05, 3.63) is 71.9 Å². The third-order valence-electron chi connectivity index (χ3n) is 4.64. The summed E-state index contributed by atoms with van der Waals surface area (Å²) in [5, 5.41) is 3.67. The molecule has 4 aromatic rings. The zero-order valence-electron chi connectivity index (χ0n) is 15.1. The summed E-state index contributed by atoms with van der Waals surface area (Å²) in [5.41, 5.74) is 4.12. The summed E-state index contributed by atoms with van der Waals surface area (Å²) in [6, 6.07) is 12.1. The molecule has 5 nitrogen and oxygen atoms in total. The minimum Gasteiger partial charge on any atom is -0.358 e. The fraction of sp³-hybridized carbons (Fsp3) is 0.143. The number of fused-ring (bicyclic) bond motifs is 1. The molecule has 0 fully saturated rings. The number of aromatic amines is 1. The molecule has 0 spiro atoms. The van der Waals surface area contributed by atoms with Crippen molar-refractivity contribution in [3.63, 3.8) is 0 Å². The third kappa shape index (κ3) is 3.33. The molecule has 136 valence electrons. The van der Waals surface area contributed by atoms with E-state index in [2.05, 4.69) is 15.3 Å². The Morgan fingerprint density at radius 2 is 2.11 bits per heavy atom. The van der Waals surface area contributed by atoms with Crippen molar-refractivity contribution in [1.82, 2.24) is 14.5 Å². The Labute approximate surface area is 155 Å². The molecule has 2 heterocycles. The molecule has 0 bridgehead atoms. The second-order valence-electron chi connectivity index (χ2n) is 6.59. The van der Waals surface area contributed by atoms with Crippen molar-refractivity contribution in [2.45, 2.75) is 13.3 Å². The molecule has 4 rings (SSSR count). The topological polar surface area (TPSA) is 62.7 Å². The van der Waals surface area contributed by atoms with Gasteiger partial charge in [-0.3, -0.25) is 4.79 Å². The first-order chi connectivity index (χ1) is 13.0. The fourth-order valence-corrected chi connectivity index (χ4v) is 3.33. The van der Waals surface area contributed by atoms with Crippen LogP contribution in [0.4, 0.5) is 10.1 Å². The Balaban J connectivity index is 1.56. The van der Waals surface area contributed by atoms with Gasteiger partial charge in [0.05, 0.1) is 6.42 Å². The van der Waals surface area contributed by atoms with Gasteiger partial charge in [0.1, 0.15) is 11.6 Å². The molecule has 2 N–H and O–H groups in total. The van der Waals surface area contributed by atoms with E-state index < -0.39 is 0 Å². The lowest BCUT2D eigenvalue weighted by Crippen LogP contribution is -2.14. The van der Waals surface area contributed by atoms with Gasteiger partial charge in [0.25, 0.3) is 0 Å². The van der Waals surface area contributed by atoms with Gasteiger partial charge < -0.3 is 14.9 Å². The zero-order chi connectivity index (χ0) is 19.0. The predicted molar refractivity (Wildman–Crippen MR) is 104 cm³/mol. The molecule has 0 saturated heterocycles. The number of H-pyrrole nitrogens is 1. The normalized spacial score (nSPS) is 11.1. The molecule has 0 aliphatic rings. The highest BCUT2D eigenvalue weighted by Gasteiger charge is 2.14. The van der Waals surface area contributed by atoms with Gasteiger partial charge in [0, 0.05) is 47.3 Å². The van der Waals surface area contributed by atoms with Crippen LogP contribution in [0, 0.1) is 12.7 Å². The smallest absolute Gasteiger partial charge is 0.228 e. The highest BCUT2D eigenvalue weighted by molar-refractivity contribution is 5.96. The van der Waals surface area contributed by atoms with Crippen LogP contribution in [0.25, 0.3) is 22.3 Å². The standard InChI is InChI=1S/C21H19FN4O/c1-13-17(18-11-15(22)6-7-19(18)24-13)12-20(27)25-16-5-3-4-14(10-16)21-23-8-9-26(21)2/h3-11,24H,12H2,1-2H3,(H,25,27). The number of nitrogens with zero attached hydrogens (tertiary/aromatic N) is 2. The van der Waals surface area contributed by atoms with E-state index in [0.29, 0.717) is 5.69 Å². The van der Waals surface area contributed by atoms with Gasteiger partial charge in [-0.05, 0) is 42.8 Å². The molecule has 0 aliphatic heterocycles. The highest BCUT2D eigenvalue weighted by Crippen LogP contribution is 2.25. The number of halogens is 1. The number of benzene rings is 2. The molecule has 0 atom stereocenters. The van der Waals surface area contributed by atoms with Crippen molar-refractivity contribution in [2.75, 3.05) is 5.32 Å². The number of imidazole rings is 1. The molecule has 0 radical (unpaired) electrons. The number of carbonyl (C=O) groups is 1. The number of nitrogens with one attached hydrogen (secondary N) is 2. The summed E-state index contributed by atoms with van der Waals surface area (Å²) in [5.74, 6) is 0.361.